The van der Waals surface area contributed by atoms with Crippen molar-refractivity contribution in [1.29, 1.82) is 0 Å². The molecule has 0 heterocycles. The second-order valence-electron chi connectivity index (χ2n) is 2.92. The number of rotatable bonds is 3. The van der Waals surface area contributed by atoms with Gasteiger partial charge in [0.05, 0.1) is 0 Å². The van der Waals surface area contributed by atoms with E-state index in [9.17, 15) is 0 Å². The second kappa shape index (κ2) is 4.42. The molecule has 0 aromatic rings. The highest BCUT2D eigenvalue weighted by Crippen LogP contribution is 1.91. The third-order valence-electron chi connectivity index (χ3n) is 0.911. The van der Waals surface area contributed by atoms with E-state index in [1.807, 2.05) is 6.20 Å². The van der Waals surface area contributed by atoms with Gasteiger partial charge in [-0.15, -0.1) is 0 Å². The molecular weight excluding hydrogens is 110 g/mol. The van der Waals surface area contributed by atoms with E-state index in [1.54, 1.807) is 0 Å². The van der Waals surface area contributed by atoms with Crippen LogP contribution in [0.4, 0.5) is 0 Å². The number of nitrogens with one attached hydrogen (secondary N) is 1. The SMILES string of the molecule is CC(C)/C=C\NC(C)C. The predicted octanol–water partition coefficient (Wildman–Crippen LogP) is 2.15. The molecule has 0 saturated carbocycles. The standard InChI is InChI=1S/C8H17N/c1-7(2)5-6-9-8(3)4/h5-9H,1-4H3/b6-5-. The van der Waals surface area contributed by atoms with E-state index in [2.05, 4.69) is 39.1 Å². The Hall–Kier alpha value is -0.460. The Bertz CT molecular complexity index is 82.6. The quantitative estimate of drug-likeness (QED) is 0.612. The maximum absolute atomic E-state index is 3.20. The van der Waals surface area contributed by atoms with Crippen LogP contribution >= 0.6 is 0 Å². The van der Waals surface area contributed by atoms with Crippen LogP contribution in [0, 0.1) is 5.92 Å². The second-order valence-corrected chi connectivity index (χ2v) is 2.92. The molecule has 1 nitrogen and oxygen atoms in total. The summed E-state index contributed by atoms with van der Waals surface area (Å²) < 4.78 is 0. The summed E-state index contributed by atoms with van der Waals surface area (Å²) in [5.74, 6) is 0.649. The van der Waals surface area contributed by atoms with Crippen molar-refractivity contribution in [3.8, 4) is 0 Å². The number of allylic oxidation sites excluding steroid dienone is 1. The molecule has 9 heavy (non-hydrogen) atoms. The lowest BCUT2D eigenvalue weighted by atomic mass is 10.2. The van der Waals surface area contributed by atoms with Crippen LogP contribution in [0.5, 0.6) is 0 Å². The number of hydrogen-bond donors (Lipinski definition) is 1. The van der Waals surface area contributed by atoms with E-state index in [0.717, 1.165) is 0 Å². The van der Waals surface area contributed by atoms with Crippen LogP contribution in [0.25, 0.3) is 0 Å². The molecule has 1 heteroatoms. The Labute approximate surface area is 58.2 Å². The lowest BCUT2D eigenvalue weighted by molar-refractivity contribution is 0.693. The van der Waals surface area contributed by atoms with Gasteiger partial charge in [0.1, 0.15) is 0 Å². The van der Waals surface area contributed by atoms with E-state index in [0.29, 0.717) is 12.0 Å². The van der Waals surface area contributed by atoms with Crippen molar-refractivity contribution < 1.29 is 0 Å². The van der Waals surface area contributed by atoms with E-state index >= 15 is 0 Å². The van der Waals surface area contributed by atoms with Gasteiger partial charge in [-0.1, -0.05) is 19.9 Å². The highest BCUT2D eigenvalue weighted by atomic mass is 14.9. The normalized spacial score (nSPS) is 11.8. The molecule has 0 aromatic carbocycles. The fraction of sp³-hybridized carbons (Fsp3) is 0.750. The van der Waals surface area contributed by atoms with Crippen molar-refractivity contribution >= 4 is 0 Å². The van der Waals surface area contributed by atoms with E-state index in [1.165, 1.54) is 0 Å². The van der Waals surface area contributed by atoms with E-state index in [-0.39, 0.29) is 0 Å². The van der Waals surface area contributed by atoms with Gasteiger partial charge in [-0.3, -0.25) is 0 Å². The summed E-state index contributed by atoms with van der Waals surface area (Å²) in [5, 5.41) is 3.20. The Balaban J connectivity index is 3.25. The summed E-state index contributed by atoms with van der Waals surface area (Å²) in [4.78, 5) is 0. The van der Waals surface area contributed by atoms with Gasteiger partial charge < -0.3 is 5.32 Å². The van der Waals surface area contributed by atoms with Gasteiger partial charge in [-0.05, 0) is 26.0 Å². The lowest BCUT2D eigenvalue weighted by Gasteiger charge is -2.02. The van der Waals surface area contributed by atoms with Gasteiger partial charge >= 0.3 is 0 Å². The average Bonchev–Trinajstić information content (AvgIpc) is 1.63. The summed E-state index contributed by atoms with van der Waals surface area (Å²) in [7, 11) is 0. The molecule has 0 aliphatic rings. The number of hydrogen-bond acceptors (Lipinski definition) is 1. The molecule has 0 fully saturated rings. The average molecular weight is 127 g/mol. The minimum absolute atomic E-state index is 0.556. The zero-order chi connectivity index (χ0) is 7.28. The fourth-order valence-electron chi connectivity index (χ4n) is 0.440. The Morgan fingerprint density at radius 1 is 1.11 bits per heavy atom. The predicted molar refractivity (Wildman–Crippen MR) is 42.2 cm³/mol. The summed E-state index contributed by atoms with van der Waals surface area (Å²) >= 11 is 0. The van der Waals surface area contributed by atoms with Gasteiger partial charge in [-0.25, -0.2) is 0 Å². The van der Waals surface area contributed by atoms with Gasteiger partial charge in [-0.2, -0.15) is 0 Å². The third kappa shape index (κ3) is 7.54. The van der Waals surface area contributed by atoms with Crippen LogP contribution in [-0.4, -0.2) is 6.04 Å². The smallest absolute Gasteiger partial charge is 0.0199 e. The van der Waals surface area contributed by atoms with Gasteiger partial charge in [0.2, 0.25) is 0 Å². The molecular formula is C8H17N. The van der Waals surface area contributed by atoms with Crippen molar-refractivity contribution in [2.75, 3.05) is 0 Å². The highest BCUT2D eigenvalue weighted by molar-refractivity contribution is 4.83. The largest absolute Gasteiger partial charge is 0.389 e. The monoisotopic (exact) mass is 127 g/mol. The van der Waals surface area contributed by atoms with Gasteiger partial charge in [0.15, 0.2) is 0 Å². The first-order valence-electron chi connectivity index (χ1n) is 3.55. The molecule has 0 aliphatic carbocycles. The van der Waals surface area contributed by atoms with Crippen LogP contribution in [0.15, 0.2) is 12.3 Å². The molecule has 54 valence electrons. The maximum atomic E-state index is 3.20. The summed E-state index contributed by atoms with van der Waals surface area (Å²) in [6.45, 7) is 8.59. The van der Waals surface area contributed by atoms with Crippen LogP contribution in [-0.2, 0) is 0 Å². The molecule has 0 spiro atoms. The first-order valence-corrected chi connectivity index (χ1v) is 3.55. The van der Waals surface area contributed by atoms with Crippen LogP contribution in [0.3, 0.4) is 0 Å². The molecule has 0 unspecified atom stereocenters. The van der Waals surface area contributed by atoms with Gasteiger partial charge in [0, 0.05) is 6.04 Å². The van der Waals surface area contributed by atoms with Crippen molar-refractivity contribution in [3.63, 3.8) is 0 Å². The summed E-state index contributed by atoms with van der Waals surface area (Å²) in [6.07, 6.45) is 4.18. The molecule has 0 saturated heterocycles. The van der Waals surface area contributed by atoms with Crippen molar-refractivity contribution in [2.45, 2.75) is 33.7 Å². The zero-order valence-corrected chi connectivity index (χ0v) is 6.81. The highest BCUT2D eigenvalue weighted by Gasteiger charge is 1.84. The topological polar surface area (TPSA) is 12.0 Å². The molecule has 0 rings (SSSR count). The fourth-order valence-corrected chi connectivity index (χ4v) is 0.440. The van der Waals surface area contributed by atoms with E-state index < -0.39 is 0 Å². The first-order chi connectivity index (χ1) is 4.13. The minimum atomic E-state index is 0.556. The summed E-state index contributed by atoms with van der Waals surface area (Å²) in [6, 6.07) is 0.556. The molecule has 0 atom stereocenters. The Morgan fingerprint density at radius 2 is 1.67 bits per heavy atom. The van der Waals surface area contributed by atoms with Crippen molar-refractivity contribution in [2.24, 2.45) is 5.92 Å². The molecule has 0 amide bonds. The van der Waals surface area contributed by atoms with Crippen molar-refractivity contribution in [1.82, 2.24) is 5.32 Å². The minimum Gasteiger partial charge on any atom is -0.389 e. The Kier molecular flexibility index (Phi) is 4.20. The summed E-state index contributed by atoms with van der Waals surface area (Å²) in [5.41, 5.74) is 0. The molecule has 0 radical (unpaired) electrons. The zero-order valence-electron chi connectivity index (χ0n) is 6.81. The van der Waals surface area contributed by atoms with Crippen LogP contribution < -0.4 is 5.32 Å². The van der Waals surface area contributed by atoms with Crippen LogP contribution in [0.2, 0.25) is 0 Å². The van der Waals surface area contributed by atoms with Crippen molar-refractivity contribution in [3.05, 3.63) is 12.3 Å². The van der Waals surface area contributed by atoms with Gasteiger partial charge in [0.25, 0.3) is 0 Å². The first kappa shape index (κ1) is 8.54. The molecule has 1 N–H and O–H groups in total. The maximum Gasteiger partial charge on any atom is 0.0199 e. The molecule has 0 aromatic heterocycles. The molecule has 0 aliphatic heterocycles. The third-order valence-corrected chi connectivity index (χ3v) is 0.911. The lowest BCUT2D eigenvalue weighted by Crippen LogP contribution is -2.15. The molecule has 0 bridgehead atoms. The Morgan fingerprint density at radius 3 is 2.00 bits per heavy atom. The van der Waals surface area contributed by atoms with Crippen LogP contribution in [0.1, 0.15) is 27.7 Å². The van der Waals surface area contributed by atoms with E-state index in [4.69, 9.17) is 0 Å².